The number of nitrogens with one attached hydrogen (secondary N) is 3. The number of aromatic nitrogens is 4. The normalized spacial score (nSPS) is 11.3. The zero-order chi connectivity index (χ0) is 17.1. The van der Waals surface area contributed by atoms with Crippen LogP contribution in [0.2, 0.25) is 0 Å². The Bertz CT molecular complexity index is 878. The number of H-pyrrole nitrogens is 1. The van der Waals surface area contributed by atoms with Crippen LogP contribution in [0.3, 0.4) is 0 Å². The average Bonchev–Trinajstić information content (AvgIpc) is 2.96. The van der Waals surface area contributed by atoms with Gasteiger partial charge in [0.05, 0.1) is 5.69 Å². The van der Waals surface area contributed by atoms with Crippen molar-refractivity contribution in [2.24, 2.45) is 0 Å². The molecule has 0 aliphatic carbocycles. The summed E-state index contributed by atoms with van der Waals surface area (Å²) in [5, 5.41) is 9.37. The third-order valence-corrected chi connectivity index (χ3v) is 3.66. The molecular formula is C17H22N6O. The molecule has 1 aromatic carbocycles. The summed E-state index contributed by atoms with van der Waals surface area (Å²) in [6.07, 6.45) is 0. The molecule has 3 N–H and O–H groups in total. The number of aryl methyl sites for hydroxylation is 1. The molecule has 126 valence electrons. The van der Waals surface area contributed by atoms with Crippen molar-refractivity contribution >= 4 is 11.7 Å². The molecule has 2 heterocycles. The molecule has 0 fully saturated rings. The molecule has 0 amide bonds. The van der Waals surface area contributed by atoms with Crippen LogP contribution in [0.4, 0.5) is 5.95 Å². The highest BCUT2D eigenvalue weighted by Crippen LogP contribution is 2.07. The second-order valence-electron chi connectivity index (χ2n) is 6.17. The van der Waals surface area contributed by atoms with E-state index >= 15 is 0 Å². The predicted octanol–water partition coefficient (Wildman–Crippen LogP) is 1.84. The number of anilines is 1. The highest BCUT2D eigenvalue weighted by Gasteiger charge is 2.08. The summed E-state index contributed by atoms with van der Waals surface area (Å²) < 4.78 is 1.34. The van der Waals surface area contributed by atoms with Gasteiger partial charge in [0.25, 0.3) is 11.3 Å². The molecule has 7 nitrogen and oxygen atoms in total. The second-order valence-corrected chi connectivity index (χ2v) is 6.17. The Labute approximate surface area is 140 Å². The number of hydrogen-bond acceptors (Lipinski definition) is 5. The molecule has 3 aromatic rings. The number of benzene rings is 1. The first-order chi connectivity index (χ1) is 11.5. The van der Waals surface area contributed by atoms with Crippen molar-refractivity contribution in [2.45, 2.75) is 39.9 Å². The van der Waals surface area contributed by atoms with E-state index in [2.05, 4.69) is 56.9 Å². The first kappa shape index (κ1) is 16.2. The fraction of sp³-hybridized carbons (Fsp3) is 0.353. The standard InChI is InChI=1S/C17H22N6O/c1-11(2)18-10-14-8-15(24)23-17(20-14)21-16(22-23)19-9-13-6-4-12(3)5-7-13/h4-8,11,18H,9-10H2,1-3H3,(H2,19,20,21,22). The van der Waals surface area contributed by atoms with Crippen LogP contribution < -0.4 is 16.2 Å². The van der Waals surface area contributed by atoms with Crippen molar-refractivity contribution in [2.75, 3.05) is 5.32 Å². The van der Waals surface area contributed by atoms with Crippen LogP contribution in [0, 0.1) is 6.92 Å². The van der Waals surface area contributed by atoms with E-state index in [0.717, 1.165) is 5.56 Å². The van der Waals surface area contributed by atoms with E-state index < -0.39 is 0 Å². The highest BCUT2D eigenvalue weighted by molar-refractivity contribution is 5.38. The Hall–Kier alpha value is -2.67. The average molecular weight is 326 g/mol. The number of aromatic amines is 1. The van der Waals surface area contributed by atoms with Crippen LogP contribution in [0.15, 0.2) is 35.1 Å². The van der Waals surface area contributed by atoms with Crippen LogP contribution in [0.25, 0.3) is 5.78 Å². The number of hydrogen-bond donors (Lipinski definition) is 3. The molecule has 0 atom stereocenters. The van der Waals surface area contributed by atoms with Crippen molar-refractivity contribution in [3.8, 4) is 0 Å². The number of rotatable bonds is 6. The van der Waals surface area contributed by atoms with E-state index in [0.29, 0.717) is 36.6 Å². The van der Waals surface area contributed by atoms with Crippen molar-refractivity contribution < 1.29 is 0 Å². The molecule has 0 spiro atoms. The smallest absolute Gasteiger partial charge is 0.274 e. The minimum absolute atomic E-state index is 0.170. The maximum atomic E-state index is 12.2. The van der Waals surface area contributed by atoms with E-state index in [1.54, 1.807) is 0 Å². The monoisotopic (exact) mass is 326 g/mol. The Morgan fingerprint density at radius 2 is 1.92 bits per heavy atom. The van der Waals surface area contributed by atoms with Gasteiger partial charge in [-0.15, -0.1) is 0 Å². The van der Waals surface area contributed by atoms with E-state index in [4.69, 9.17) is 0 Å². The maximum absolute atomic E-state index is 12.2. The third-order valence-electron chi connectivity index (χ3n) is 3.66. The zero-order valence-electron chi connectivity index (χ0n) is 14.1. The van der Waals surface area contributed by atoms with Gasteiger partial charge in [-0.2, -0.15) is 9.50 Å². The summed E-state index contributed by atoms with van der Waals surface area (Å²) in [7, 11) is 0. The first-order valence-electron chi connectivity index (χ1n) is 8.03. The largest absolute Gasteiger partial charge is 0.351 e. The molecular weight excluding hydrogens is 304 g/mol. The minimum Gasteiger partial charge on any atom is -0.351 e. The topological polar surface area (TPSA) is 87.1 Å². The summed E-state index contributed by atoms with van der Waals surface area (Å²) in [4.78, 5) is 20.9. The van der Waals surface area contributed by atoms with E-state index in [9.17, 15) is 4.79 Å². The Morgan fingerprint density at radius 1 is 1.17 bits per heavy atom. The summed E-state index contributed by atoms with van der Waals surface area (Å²) in [6.45, 7) is 7.32. The summed E-state index contributed by atoms with van der Waals surface area (Å²) >= 11 is 0. The van der Waals surface area contributed by atoms with Gasteiger partial charge in [-0.25, -0.2) is 4.98 Å². The molecule has 7 heteroatoms. The fourth-order valence-electron chi connectivity index (χ4n) is 2.30. The molecule has 0 saturated heterocycles. The predicted molar refractivity (Wildman–Crippen MR) is 94.1 cm³/mol. The Morgan fingerprint density at radius 3 is 2.62 bits per heavy atom. The van der Waals surface area contributed by atoms with E-state index in [1.807, 2.05) is 13.8 Å². The molecule has 0 aliphatic rings. The highest BCUT2D eigenvalue weighted by atomic mass is 16.1. The lowest BCUT2D eigenvalue weighted by molar-refractivity contribution is 0.580. The van der Waals surface area contributed by atoms with Gasteiger partial charge in [0.15, 0.2) is 0 Å². The quantitative estimate of drug-likeness (QED) is 0.643. The lowest BCUT2D eigenvalue weighted by Crippen LogP contribution is -2.24. The van der Waals surface area contributed by atoms with Crippen LogP contribution in [-0.2, 0) is 13.1 Å². The maximum Gasteiger partial charge on any atom is 0.274 e. The lowest BCUT2D eigenvalue weighted by atomic mass is 10.1. The fourth-order valence-corrected chi connectivity index (χ4v) is 2.30. The van der Waals surface area contributed by atoms with Gasteiger partial charge in [0.2, 0.25) is 5.95 Å². The first-order valence-corrected chi connectivity index (χ1v) is 8.03. The minimum atomic E-state index is -0.170. The van der Waals surface area contributed by atoms with Gasteiger partial charge in [-0.1, -0.05) is 43.7 Å². The van der Waals surface area contributed by atoms with Crippen LogP contribution >= 0.6 is 0 Å². The Balaban J connectivity index is 1.76. The van der Waals surface area contributed by atoms with Crippen molar-refractivity contribution in [1.29, 1.82) is 0 Å². The number of nitrogens with zero attached hydrogens (tertiary/aromatic N) is 3. The van der Waals surface area contributed by atoms with Gasteiger partial charge in [0.1, 0.15) is 0 Å². The van der Waals surface area contributed by atoms with Gasteiger partial charge in [-0.3, -0.25) is 9.89 Å². The van der Waals surface area contributed by atoms with Gasteiger partial charge in [-0.05, 0) is 12.5 Å². The summed E-state index contributed by atoms with van der Waals surface area (Å²) in [6, 6.07) is 10.1. The Kier molecular flexibility index (Phi) is 4.61. The van der Waals surface area contributed by atoms with Gasteiger partial charge < -0.3 is 10.6 Å². The van der Waals surface area contributed by atoms with Crippen LogP contribution in [0.5, 0.6) is 0 Å². The zero-order valence-corrected chi connectivity index (χ0v) is 14.1. The summed E-state index contributed by atoms with van der Waals surface area (Å²) in [5.41, 5.74) is 2.88. The van der Waals surface area contributed by atoms with E-state index in [-0.39, 0.29) is 5.56 Å². The van der Waals surface area contributed by atoms with Gasteiger partial charge >= 0.3 is 0 Å². The van der Waals surface area contributed by atoms with Crippen molar-refractivity contribution in [1.82, 2.24) is 24.9 Å². The molecule has 2 aromatic heterocycles. The third kappa shape index (κ3) is 3.80. The van der Waals surface area contributed by atoms with E-state index in [1.165, 1.54) is 16.1 Å². The lowest BCUT2D eigenvalue weighted by Gasteiger charge is -2.06. The van der Waals surface area contributed by atoms with Crippen LogP contribution in [0.1, 0.15) is 30.7 Å². The molecule has 0 saturated carbocycles. The van der Waals surface area contributed by atoms with Crippen molar-refractivity contribution in [3.63, 3.8) is 0 Å². The molecule has 24 heavy (non-hydrogen) atoms. The molecule has 0 radical (unpaired) electrons. The van der Waals surface area contributed by atoms with Gasteiger partial charge in [0, 0.05) is 25.2 Å². The van der Waals surface area contributed by atoms with Crippen LogP contribution in [-0.4, -0.2) is 25.6 Å². The SMILES string of the molecule is Cc1ccc(CNc2nc3nc(CNC(C)C)cc(=O)n3[nH]2)cc1. The molecule has 0 unspecified atom stereocenters. The summed E-state index contributed by atoms with van der Waals surface area (Å²) in [5.74, 6) is 0.892. The molecule has 3 rings (SSSR count). The molecule has 0 aliphatic heterocycles. The number of fused-ring (bicyclic) bond motifs is 1. The molecule has 0 bridgehead atoms. The second kappa shape index (κ2) is 6.84. The van der Waals surface area contributed by atoms with Crippen molar-refractivity contribution in [3.05, 3.63) is 57.5 Å².